The van der Waals surface area contributed by atoms with Crippen molar-refractivity contribution in [1.82, 2.24) is 15.1 Å². The van der Waals surface area contributed by atoms with Gasteiger partial charge in [0.2, 0.25) is 5.91 Å². The number of nitrogens with zero attached hydrogens (tertiary/aromatic N) is 2. The van der Waals surface area contributed by atoms with Crippen LogP contribution in [0.4, 0.5) is 4.79 Å². The van der Waals surface area contributed by atoms with Gasteiger partial charge in [-0.1, -0.05) is 12.1 Å². The Morgan fingerprint density at radius 1 is 1.04 bits per heavy atom. The van der Waals surface area contributed by atoms with Crippen molar-refractivity contribution in [3.05, 3.63) is 28.8 Å². The van der Waals surface area contributed by atoms with Crippen LogP contribution in [-0.4, -0.2) is 54.6 Å². The van der Waals surface area contributed by atoms with Crippen LogP contribution in [-0.2, 0) is 4.79 Å². The molecule has 0 radical (unpaired) electrons. The molecule has 0 unspecified atom stereocenters. The SMILES string of the molecule is CC(=O)N1CCN(C(=O)NCOc2c(C)ccc(C)c2C)CC1. The molecule has 126 valence electrons. The molecule has 1 fully saturated rings. The van der Waals surface area contributed by atoms with Crippen LogP contribution in [0.5, 0.6) is 5.75 Å². The molecule has 1 aromatic rings. The summed E-state index contributed by atoms with van der Waals surface area (Å²) in [6.45, 7) is 9.99. The van der Waals surface area contributed by atoms with E-state index in [1.165, 1.54) is 0 Å². The van der Waals surface area contributed by atoms with Gasteiger partial charge in [0.25, 0.3) is 0 Å². The lowest BCUT2D eigenvalue weighted by molar-refractivity contribution is -0.130. The van der Waals surface area contributed by atoms with Gasteiger partial charge in [-0.05, 0) is 37.5 Å². The summed E-state index contributed by atoms with van der Waals surface area (Å²) in [4.78, 5) is 26.9. The van der Waals surface area contributed by atoms with E-state index in [1.54, 1.807) is 16.7 Å². The van der Waals surface area contributed by atoms with Gasteiger partial charge in [-0.3, -0.25) is 4.79 Å². The summed E-state index contributed by atoms with van der Waals surface area (Å²) < 4.78 is 5.75. The lowest BCUT2D eigenvalue weighted by Gasteiger charge is -2.34. The molecule has 1 aliphatic heterocycles. The standard InChI is InChI=1S/C17H25N3O3/c1-12-5-6-13(2)16(14(12)3)23-11-18-17(22)20-9-7-19(8-10-20)15(4)21/h5-6H,7-11H2,1-4H3,(H,18,22). The molecular formula is C17H25N3O3. The molecule has 0 bridgehead atoms. The number of nitrogens with one attached hydrogen (secondary N) is 1. The maximum Gasteiger partial charge on any atom is 0.320 e. The van der Waals surface area contributed by atoms with Crippen LogP contribution in [0, 0.1) is 20.8 Å². The number of rotatable bonds is 3. The molecule has 23 heavy (non-hydrogen) atoms. The number of urea groups is 1. The van der Waals surface area contributed by atoms with Crippen molar-refractivity contribution in [1.29, 1.82) is 0 Å². The predicted octanol–water partition coefficient (Wildman–Crippen LogP) is 1.82. The molecule has 1 N–H and O–H groups in total. The maximum absolute atomic E-state index is 12.1. The Bertz CT molecular complexity index is 593. The van der Waals surface area contributed by atoms with Crippen molar-refractivity contribution in [2.45, 2.75) is 27.7 Å². The number of hydrogen-bond acceptors (Lipinski definition) is 3. The Labute approximate surface area is 137 Å². The van der Waals surface area contributed by atoms with Gasteiger partial charge in [0.15, 0.2) is 6.73 Å². The molecule has 0 saturated carbocycles. The van der Waals surface area contributed by atoms with E-state index in [-0.39, 0.29) is 18.7 Å². The van der Waals surface area contributed by atoms with Crippen LogP contribution in [0.3, 0.4) is 0 Å². The molecule has 1 saturated heterocycles. The van der Waals surface area contributed by atoms with Gasteiger partial charge >= 0.3 is 6.03 Å². The number of benzene rings is 1. The van der Waals surface area contributed by atoms with Crippen molar-refractivity contribution in [3.8, 4) is 5.75 Å². The smallest absolute Gasteiger partial charge is 0.320 e. The first-order valence-electron chi connectivity index (χ1n) is 7.88. The summed E-state index contributed by atoms with van der Waals surface area (Å²) >= 11 is 0. The Morgan fingerprint density at radius 3 is 2.22 bits per heavy atom. The van der Waals surface area contributed by atoms with E-state index in [0.717, 1.165) is 22.4 Å². The number of ether oxygens (including phenoxy) is 1. The van der Waals surface area contributed by atoms with Gasteiger partial charge in [-0.2, -0.15) is 0 Å². The summed E-state index contributed by atoms with van der Waals surface area (Å²) in [5, 5.41) is 2.78. The van der Waals surface area contributed by atoms with Gasteiger partial charge in [0.1, 0.15) is 5.75 Å². The normalized spacial score (nSPS) is 14.6. The Kier molecular flexibility index (Phi) is 5.47. The second-order valence-electron chi connectivity index (χ2n) is 5.92. The second kappa shape index (κ2) is 7.35. The van der Waals surface area contributed by atoms with Crippen LogP contribution in [0.2, 0.25) is 0 Å². The summed E-state index contributed by atoms with van der Waals surface area (Å²) in [5.41, 5.74) is 3.31. The minimum absolute atomic E-state index is 0.0544. The number of amides is 3. The van der Waals surface area contributed by atoms with E-state index in [2.05, 4.69) is 11.4 Å². The van der Waals surface area contributed by atoms with Crippen molar-refractivity contribution in [2.24, 2.45) is 0 Å². The van der Waals surface area contributed by atoms with E-state index < -0.39 is 0 Å². The van der Waals surface area contributed by atoms with E-state index in [4.69, 9.17) is 4.74 Å². The summed E-state index contributed by atoms with van der Waals surface area (Å²) in [6.07, 6.45) is 0. The van der Waals surface area contributed by atoms with E-state index in [1.807, 2.05) is 26.8 Å². The average molecular weight is 319 g/mol. The summed E-state index contributed by atoms with van der Waals surface area (Å²) in [5.74, 6) is 0.880. The Balaban J connectivity index is 1.82. The number of aryl methyl sites for hydroxylation is 2. The minimum atomic E-state index is -0.156. The monoisotopic (exact) mass is 319 g/mol. The molecule has 6 nitrogen and oxygen atoms in total. The van der Waals surface area contributed by atoms with Crippen LogP contribution in [0.1, 0.15) is 23.6 Å². The third-order valence-electron chi connectivity index (χ3n) is 4.33. The largest absolute Gasteiger partial charge is 0.473 e. The summed E-state index contributed by atoms with van der Waals surface area (Å²) in [6, 6.07) is 3.92. The molecule has 0 aliphatic carbocycles. The molecule has 6 heteroatoms. The zero-order valence-electron chi connectivity index (χ0n) is 14.3. The van der Waals surface area contributed by atoms with E-state index in [9.17, 15) is 9.59 Å². The van der Waals surface area contributed by atoms with Gasteiger partial charge in [-0.15, -0.1) is 0 Å². The highest BCUT2D eigenvalue weighted by atomic mass is 16.5. The first kappa shape index (κ1) is 17.1. The number of hydrogen-bond donors (Lipinski definition) is 1. The first-order valence-corrected chi connectivity index (χ1v) is 7.88. The lowest BCUT2D eigenvalue weighted by Crippen LogP contribution is -2.53. The molecule has 1 aliphatic rings. The maximum atomic E-state index is 12.1. The van der Waals surface area contributed by atoms with Crippen LogP contribution < -0.4 is 10.1 Å². The zero-order chi connectivity index (χ0) is 17.0. The second-order valence-corrected chi connectivity index (χ2v) is 5.92. The zero-order valence-corrected chi connectivity index (χ0v) is 14.3. The van der Waals surface area contributed by atoms with E-state index >= 15 is 0 Å². The highest BCUT2D eigenvalue weighted by Crippen LogP contribution is 2.25. The molecule has 0 atom stereocenters. The third kappa shape index (κ3) is 4.15. The molecule has 1 heterocycles. The van der Waals surface area contributed by atoms with Gasteiger partial charge in [-0.25, -0.2) is 4.79 Å². The van der Waals surface area contributed by atoms with Gasteiger partial charge in [0.05, 0.1) is 0 Å². The molecule has 2 rings (SSSR count). The Morgan fingerprint density at radius 2 is 1.61 bits per heavy atom. The number of piperazine rings is 1. The van der Waals surface area contributed by atoms with E-state index in [0.29, 0.717) is 26.2 Å². The topological polar surface area (TPSA) is 61.9 Å². The first-order chi connectivity index (χ1) is 10.9. The predicted molar refractivity (Wildman–Crippen MR) is 88.5 cm³/mol. The van der Waals surface area contributed by atoms with Crippen molar-refractivity contribution in [2.75, 3.05) is 32.9 Å². The average Bonchev–Trinajstić information content (AvgIpc) is 2.54. The molecule has 3 amide bonds. The highest BCUT2D eigenvalue weighted by molar-refractivity contribution is 5.76. The minimum Gasteiger partial charge on any atom is -0.473 e. The number of carbonyl (C=O) groups excluding carboxylic acids is 2. The quantitative estimate of drug-likeness (QED) is 0.865. The molecule has 0 aromatic heterocycles. The number of carbonyl (C=O) groups is 2. The summed E-state index contributed by atoms with van der Waals surface area (Å²) in [7, 11) is 0. The lowest BCUT2D eigenvalue weighted by atomic mass is 10.1. The third-order valence-corrected chi connectivity index (χ3v) is 4.33. The van der Waals surface area contributed by atoms with Crippen LogP contribution in [0.25, 0.3) is 0 Å². The Hall–Kier alpha value is -2.24. The van der Waals surface area contributed by atoms with Crippen LogP contribution in [0.15, 0.2) is 12.1 Å². The van der Waals surface area contributed by atoms with Crippen LogP contribution >= 0.6 is 0 Å². The molecule has 1 aromatic carbocycles. The molecule has 0 spiro atoms. The highest BCUT2D eigenvalue weighted by Gasteiger charge is 2.22. The fourth-order valence-electron chi connectivity index (χ4n) is 2.65. The van der Waals surface area contributed by atoms with Crippen molar-refractivity contribution in [3.63, 3.8) is 0 Å². The van der Waals surface area contributed by atoms with Crippen molar-refractivity contribution < 1.29 is 14.3 Å². The fraction of sp³-hybridized carbons (Fsp3) is 0.529. The van der Waals surface area contributed by atoms with Crippen molar-refractivity contribution >= 4 is 11.9 Å². The van der Waals surface area contributed by atoms with Gasteiger partial charge < -0.3 is 19.9 Å². The van der Waals surface area contributed by atoms with Gasteiger partial charge in [0, 0.05) is 33.1 Å². The molecular weight excluding hydrogens is 294 g/mol. The fourth-order valence-corrected chi connectivity index (χ4v) is 2.65.